The zero-order valence-corrected chi connectivity index (χ0v) is 8.34. The minimum atomic E-state index is -0.486. The van der Waals surface area contributed by atoms with Crippen molar-refractivity contribution in [2.24, 2.45) is 11.5 Å². The highest BCUT2D eigenvalue weighted by Crippen LogP contribution is 2.27. The molecule has 0 aliphatic carbocycles. The molecule has 0 aliphatic rings. The van der Waals surface area contributed by atoms with Crippen LogP contribution in [-0.2, 0) is 0 Å². The van der Waals surface area contributed by atoms with Crippen LogP contribution in [0.15, 0.2) is 18.2 Å². The highest BCUT2D eigenvalue weighted by Gasteiger charge is 2.14. The van der Waals surface area contributed by atoms with Crippen molar-refractivity contribution < 1.29 is 9.66 Å². The highest BCUT2D eigenvalue weighted by molar-refractivity contribution is 5.45. The van der Waals surface area contributed by atoms with Crippen molar-refractivity contribution in [3.8, 4) is 5.75 Å². The van der Waals surface area contributed by atoms with Gasteiger partial charge in [-0.15, -0.1) is 0 Å². The van der Waals surface area contributed by atoms with Crippen LogP contribution in [0.2, 0.25) is 0 Å². The fraction of sp³-hybridized carbons (Fsp3) is 0.333. The summed E-state index contributed by atoms with van der Waals surface area (Å²) in [5, 5.41) is 10.5. The van der Waals surface area contributed by atoms with Crippen molar-refractivity contribution in [1.29, 1.82) is 0 Å². The molecule has 0 bridgehead atoms. The summed E-state index contributed by atoms with van der Waals surface area (Å²) < 4.78 is 5.02. The van der Waals surface area contributed by atoms with E-state index in [4.69, 9.17) is 16.2 Å². The molecule has 0 saturated carbocycles. The summed E-state index contributed by atoms with van der Waals surface area (Å²) in [7, 11) is 1.44. The van der Waals surface area contributed by atoms with Crippen LogP contribution in [0.1, 0.15) is 11.6 Å². The Morgan fingerprint density at radius 3 is 2.73 bits per heavy atom. The zero-order chi connectivity index (χ0) is 11.4. The molecule has 1 aromatic carbocycles. The molecule has 0 aliphatic heterocycles. The van der Waals surface area contributed by atoms with Crippen LogP contribution in [-0.4, -0.2) is 18.6 Å². The number of nitrogens with zero attached hydrogens (tertiary/aromatic N) is 1. The summed E-state index contributed by atoms with van der Waals surface area (Å²) in [4.78, 5) is 10.0. The van der Waals surface area contributed by atoms with Gasteiger partial charge in [0.2, 0.25) is 0 Å². The predicted molar refractivity (Wildman–Crippen MR) is 55.6 cm³/mol. The summed E-state index contributed by atoms with van der Waals surface area (Å²) >= 11 is 0. The van der Waals surface area contributed by atoms with E-state index < -0.39 is 4.92 Å². The largest absolute Gasteiger partial charge is 0.496 e. The first-order valence-corrected chi connectivity index (χ1v) is 4.38. The quantitative estimate of drug-likeness (QED) is 0.559. The van der Waals surface area contributed by atoms with Crippen LogP contribution in [0.25, 0.3) is 0 Å². The number of hydrogen-bond donors (Lipinski definition) is 2. The molecule has 1 rings (SSSR count). The third-order valence-corrected chi connectivity index (χ3v) is 2.08. The first kappa shape index (κ1) is 11.4. The lowest BCUT2D eigenvalue weighted by atomic mass is 10.1. The van der Waals surface area contributed by atoms with E-state index in [1.54, 1.807) is 6.07 Å². The fourth-order valence-electron chi connectivity index (χ4n) is 1.25. The van der Waals surface area contributed by atoms with Crippen molar-refractivity contribution in [2.45, 2.75) is 6.04 Å². The van der Waals surface area contributed by atoms with Gasteiger partial charge in [-0.3, -0.25) is 10.1 Å². The molecule has 0 aromatic heterocycles. The summed E-state index contributed by atoms with van der Waals surface area (Å²) in [5.41, 5.74) is 11.8. The number of rotatable bonds is 4. The number of nitro groups is 1. The van der Waals surface area contributed by atoms with Gasteiger partial charge < -0.3 is 16.2 Å². The van der Waals surface area contributed by atoms with Crippen LogP contribution in [0.4, 0.5) is 5.69 Å². The highest BCUT2D eigenvalue weighted by atomic mass is 16.6. The second kappa shape index (κ2) is 4.72. The van der Waals surface area contributed by atoms with Gasteiger partial charge in [-0.25, -0.2) is 0 Å². The van der Waals surface area contributed by atoms with Crippen LogP contribution in [0.3, 0.4) is 0 Å². The van der Waals surface area contributed by atoms with Crippen LogP contribution in [0.5, 0.6) is 5.75 Å². The Bertz CT molecular complexity index is 368. The predicted octanol–water partition coefficient (Wildman–Crippen LogP) is 0.562. The molecule has 1 aromatic rings. The lowest BCUT2D eigenvalue weighted by Gasteiger charge is -2.13. The van der Waals surface area contributed by atoms with Gasteiger partial charge in [0.05, 0.1) is 18.1 Å². The smallest absolute Gasteiger partial charge is 0.273 e. The molecule has 4 N–H and O–H groups in total. The topological polar surface area (TPSA) is 104 Å². The lowest BCUT2D eigenvalue weighted by Crippen LogP contribution is -2.21. The van der Waals surface area contributed by atoms with Gasteiger partial charge in [0.1, 0.15) is 5.75 Å². The van der Waals surface area contributed by atoms with Gasteiger partial charge in [0.15, 0.2) is 0 Å². The number of nitro benzene ring substituents is 1. The van der Waals surface area contributed by atoms with Gasteiger partial charge in [-0.05, 0) is 6.07 Å². The monoisotopic (exact) mass is 211 g/mol. The molecule has 0 fully saturated rings. The van der Waals surface area contributed by atoms with Gasteiger partial charge >= 0.3 is 0 Å². The Morgan fingerprint density at radius 2 is 2.27 bits per heavy atom. The number of ether oxygens (including phenoxy) is 1. The van der Waals surface area contributed by atoms with Crippen LogP contribution in [0, 0.1) is 10.1 Å². The summed E-state index contributed by atoms with van der Waals surface area (Å²) in [6.07, 6.45) is 0. The van der Waals surface area contributed by atoms with E-state index in [2.05, 4.69) is 0 Å². The minimum absolute atomic E-state index is 0.0279. The van der Waals surface area contributed by atoms with Crippen molar-refractivity contribution >= 4 is 5.69 Å². The van der Waals surface area contributed by atoms with E-state index in [1.807, 2.05) is 0 Å². The minimum Gasteiger partial charge on any atom is -0.496 e. The molecule has 6 heteroatoms. The molecule has 0 saturated heterocycles. The molecule has 0 heterocycles. The second-order valence-corrected chi connectivity index (χ2v) is 3.03. The van der Waals surface area contributed by atoms with Crippen molar-refractivity contribution in [3.05, 3.63) is 33.9 Å². The molecular weight excluding hydrogens is 198 g/mol. The van der Waals surface area contributed by atoms with E-state index in [-0.39, 0.29) is 18.3 Å². The Kier molecular flexibility index (Phi) is 3.59. The number of benzene rings is 1. The van der Waals surface area contributed by atoms with Crippen molar-refractivity contribution in [1.82, 2.24) is 0 Å². The molecule has 0 amide bonds. The molecule has 0 unspecified atom stereocenters. The zero-order valence-electron chi connectivity index (χ0n) is 8.34. The third-order valence-electron chi connectivity index (χ3n) is 2.08. The fourth-order valence-corrected chi connectivity index (χ4v) is 1.25. The number of hydrogen-bond acceptors (Lipinski definition) is 5. The Morgan fingerprint density at radius 1 is 1.60 bits per heavy atom. The van der Waals surface area contributed by atoms with Crippen molar-refractivity contribution in [2.75, 3.05) is 13.7 Å². The molecular formula is C9H13N3O3. The van der Waals surface area contributed by atoms with E-state index in [9.17, 15) is 10.1 Å². The third kappa shape index (κ3) is 2.42. The van der Waals surface area contributed by atoms with Gasteiger partial charge in [0.25, 0.3) is 5.69 Å². The van der Waals surface area contributed by atoms with Crippen LogP contribution < -0.4 is 16.2 Å². The summed E-state index contributed by atoms with van der Waals surface area (Å²) in [6, 6.07) is 3.91. The summed E-state index contributed by atoms with van der Waals surface area (Å²) in [5.74, 6) is 0.391. The molecule has 15 heavy (non-hydrogen) atoms. The normalized spacial score (nSPS) is 12.2. The Labute approximate surface area is 87.0 Å². The lowest BCUT2D eigenvalue weighted by molar-refractivity contribution is -0.384. The Balaban J connectivity index is 3.14. The SMILES string of the molecule is COc1cc([N+](=O)[O-])ccc1[C@H](N)CN. The maximum atomic E-state index is 10.5. The summed E-state index contributed by atoms with van der Waals surface area (Å²) in [6.45, 7) is 0.258. The number of methoxy groups -OCH3 is 1. The molecule has 1 atom stereocenters. The van der Waals surface area contributed by atoms with Gasteiger partial charge in [0, 0.05) is 24.2 Å². The maximum absolute atomic E-state index is 10.5. The van der Waals surface area contributed by atoms with E-state index in [0.29, 0.717) is 11.3 Å². The maximum Gasteiger partial charge on any atom is 0.273 e. The van der Waals surface area contributed by atoms with Crippen molar-refractivity contribution in [3.63, 3.8) is 0 Å². The first-order valence-electron chi connectivity index (χ1n) is 4.38. The number of nitrogens with two attached hydrogens (primary N) is 2. The van der Waals surface area contributed by atoms with Crippen LogP contribution >= 0.6 is 0 Å². The molecule has 82 valence electrons. The number of non-ortho nitro benzene ring substituents is 1. The van der Waals surface area contributed by atoms with Gasteiger partial charge in [-0.2, -0.15) is 0 Å². The molecule has 6 nitrogen and oxygen atoms in total. The Hall–Kier alpha value is -1.66. The van der Waals surface area contributed by atoms with Gasteiger partial charge in [-0.1, -0.05) is 0 Å². The average Bonchev–Trinajstić information content (AvgIpc) is 2.27. The molecule has 0 spiro atoms. The average molecular weight is 211 g/mol. The van der Waals surface area contributed by atoms with E-state index in [0.717, 1.165) is 0 Å². The molecule has 0 radical (unpaired) electrons. The second-order valence-electron chi connectivity index (χ2n) is 3.03. The van der Waals surface area contributed by atoms with E-state index in [1.165, 1.54) is 19.2 Å². The first-order chi connectivity index (χ1) is 7.10. The standard InChI is InChI=1S/C9H13N3O3/c1-15-9-4-6(12(13)14)2-3-7(9)8(11)5-10/h2-4,8H,5,10-11H2,1H3/t8-/m1/s1. The van der Waals surface area contributed by atoms with E-state index >= 15 is 0 Å².